The van der Waals surface area contributed by atoms with Gasteiger partial charge in [-0.15, -0.1) is 0 Å². The Morgan fingerprint density at radius 3 is 1.93 bits per heavy atom. The highest BCUT2D eigenvalue weighted by Crippen LogP contribution is 2.40. The lowest BCUT2D eigenvalue weighted by Gasteiger charge is -2.43. The molecule has 0 unspecified atom stereocenters. The molecule has 5 nitrogen and oxygen atoms in total. The molecule has 218 valence electrons. The van der Waals surface area contributed by atoms with Gasteiger partial charge >= 0.3 is 0 Å². The van der Waals surface area contributed by atoms with Crippen molar-refractivity contribution in [3.8, 4) is 5.75 Å². The number of hydrogen-bond donors (Lipinski definition) is 2. The van der Waals surface area contributed by atoms with E-state index in [9.17, 15) is 10.2 Å². The smallest absolute Gasteiger partial charge is 0.261 e. The van der Waals surface area contributed by atoms with Crippen molar-refractivity contribution >= 4 is 34.6 Å². The van der Waals surface area contributed by atoms with E-state index in [2.05, 4.69) is 85.2 Å². The van der Waals surface area contributed by atoms with Gasteiger partial charge in [0.25, 0.3) is 8.32 Å². The Kier molecular flexibility index (Phi) is 11.2. The Bertz CT molecular complexity index is 1170. The van der Waals surface area contributed by atoms with Gasteiger partial charge in [-0.1, -0.05) is 97.4 Å². The summed E-state index contributed by atoms with van der Waals surface area (Å²) in [6.45, 7) is 12.7. The van der Waals surface area contributed by atoms with Gasteiger partial charge in [0.1, 0.15) is 5.75 Å². The summed E-state index contributed by atoms with van der Waals surface area (Å²) in [4.78, 5) is 0. The van der Waals surface area contributed by atoms with Gasteiger partial charge in [-0.3, -0.25) is 0 Å². The molecule has 0 amide bonds. The van der Waals surface area contributed by atoms with Crippen LogP contribution in [-0.4, -0.2) is 50.7 Å². The molecule has 0 aromatic heterocycles. The summed E-state index contributed by atoms with van der Waals surface area (Å²) in [5.74, 6) is 0.634. The molecule has 2 N–H and O–H groups in total. The summed E-state index contributed by atoms with van der Waals surface area (Å²) in [5.41, 5.74) is 0.757. The molecule has 0 aliphatic rings. The molecule has 40 heavy (non-hydrogen) atoms. The third-order valence-corrected chi connectivity index (χ3v) is 13.3. The van der Waals surface area contributed by atoms with Gasteiger partial charge in [0.2, 0.25) is 0 Å². The van der Waals surface area contributed by atoms with Crippen LogP contribution in [0.3, 0.4) is 0 Å². The minimum absolute atomic E-state index is 0.0977. The van der Waals surface area contributed by atoms with E-state index in [0.717, 1.165) is 21.3 Å². The first-order chi connectivity index (χ1) is 18.8. The summed E-state index contributed by atoms with van der Waals surface area (Å²) < 4.78 is 19.1. The van der Waals surface area contributed by atoms with E-state index in [0.29, 0.717) is 19.4 Å². The van der Waals surface area contributed by atoms with Crippen molar-refractivity contribution in [1.82, 2.24) is 0 Å². The minimum atomic E-state index is -2.71. The number of hydrogen-bond acceptors (Lipinski definition) is 5. The molecule has 0 spiro atoms. The van der Waals surface area contributed by atoms with Gasteiger partial charge < -0.3 is 24.1 Å². The van der Waals surface area contributed by atoms with Crippen LogP contribution >= 0.6 is 15.9 Å². The summed E-state index contributed by atoms with van der Waals surface area (Å²) in [6, 6.07) is 25.2. The number of ether oxygens (including phenoxy) is 2. The van der Waals surface area contributed by atoms with Crippen LogP contribution < -0.4 is 15.1 Å². The lowest BCUT2D eigenvalue weighted by atomic mass is 9.85. The Hall–Kier alpha value is -2.00. The lowest BCUT2D eigenvalue weighted by Crippen LogP contribution is -2.66. The van der Waals surface area contributed by atoms with Crippen LogP contribution in [0.2, 0.25) is 5.04 Å². The van der Waals surface area contributed by atoms with Crippen molar-refractivity contribution in [2.24, 2.45) is 0 Å². The average molecular weight is 630 g/mol. The van der Waals surface area contributed by atoms with Gasteiger partial charge in [0, 0.05) is 18.2 Å². The van der Waals surface area contributed by atoms with Crippen LogP contribution in [-0.2, 0) is 9.16 Å². The van der Waals surface area contributed by atoms with E-state index >= 15 is 0 Å². The van der Waals surface area contributed by atoms with Crippen LogP contribution in [0.25, 0.3) is 0 Å². The predicted octanol–water partition coefficient (Wildman–Crippen LogP) is 6.31. The molecular weight excluding hydrogens is 584 g/mol. The second-order valence-electron chi connectivity index (χ2n) is 12.1. The van der Waals surface area contributed by atoms with E-state index < -0.39 is 20.0 Å². The van der Waals surface area contributed by atoms with Gasteiger partial charge in [-0.05, 0) is 78.2 Å². The van der Waals surface area contributed by atoms with E-state index in [-0.39, 0.29) is 17.7 Å². The normalized spacial score (nSPS) is 14.2. The monoisotopic (exact) mass is 628 g/mol. The molecule has 3 aromatic rings. The van der Waals surface area contributed by atoms with Crippen molar-refractivity contribution in [3.63, 3.8) is 0 Å². The van der Waals surface area contributed by atoms with Crippen molar-refractivity contribution < 1.29 is 24.1 Å². The number of aryl methyl sites for hydroxylation is 1. The first-order valence-corrected chi connectivity index (χ1v) is 16.6. The molecule has 0 aliphatic carbocycles. The van der Waals surface area contributed by atoms with Crippen LogP contribution in [0, 0.1) is 6.92 Å². The van der Waals surface area contributed by atoms with E-state index in [1.54, 1.807) is 21.0 Å². The second-order valence-corrected chi connectivity index (χ2v) is 17.3. The number of methoxy groups -OCH3 is 1. The Labute approximate surface area is 249 Å². The molecule has 0 saturated carbocycles. The SMILES string of the molecule is COCOc1cc([C@@H](CCO[Si](c2ccccc2)(c2ccccc2)C(C)(C)C)C[C@@H](O)C(C)(C)O)c(Br)cc1C. The van der Waals surface area contributed by atoms with E-state index in [1.165, 1.54) is 10.4 Å². The van der Waals surface area contributed by atoms with Crippen molar-refractivity contribution in [2.75, 3.05) is 20.5 Å². The molecule has 2 atom stereocenters. The van der Waals surface area contributed by atoms with Crippen LogP contribution in [0.1, 0.15) is 64.5 Å². The quantitative estimate of drug-likeness (QED) is 0.171. The summed E-state index contributed by atoms with van der Waals surface area (Å²) in [7, 11) is -1.11. The fourth-order valence-corrected chi connectivity index (χ4v) is 10.7. The number of halogens is 1. The maximum absolute atomic E-state index is 11.0. The molecule has 3 rings (SSSR count). The zero-order valence-corrected chi connectivity index (χ0v) is 27.5. The third-order valence-electron chi connectivity index (χ3n) is 7.59. The second kappa shape index (κ2) is 13.8. The van der Waals surface area contributed by atoms with Crippen LogP contribution in [0.5, 0.6) is 5.75 Å². The summed E-state index contributed by atoms with van der Waals surface area (Å²) in [6.07, 6.45) is 0.115. The fourth-order valence-electron chi connectivity index (χ4n) is 5.33. The summed E-state index contributed by atoms with van der Waals surface area (Å²) in [5, 5.41) is 23.9. The lowest BCUT2D eigenvalue weighted by molar-refractivity contribution is -0.0549. The molecular formula is C33H45BrO5Si. The highest BCUT2D eigenvalue weighted by Gasteiger charge is 2.50. The maximum atomic E-state index is 11.0. The number of benzene rings is 3. The largest absolute Gasteiger partial charge is 0.467 e. The predicted molar refractivity (Wildman–Crippen MR) is 169 cm³/mol. The zero-order chi connectivity index (χ0) is 29.6. The summed E-state index contributed by atoms with van der Waals surface area (Å²) >= 11 is 3.76. The fraction of sp³-hybridized carbons (Fsp3) is 0.455. The van der Waals surface area contributed by atoms with Crippen LogP contribution in [0.4, 0.5) is 0 Å². The van der Waals surface area contributed by atoms with Gasteiger partial charge in [0.05, 0.1) is 11.7 Å². The molecule has 0 bridgehead atoms. The molecule has 0 saturated heterocycles. The standard InChI is InChI=1S/C33H45BrO5Si/c1-24-20-29(34)28(22-30(24)38-23-37-7)25(21-31(35)33(5,6)36)18-19-39-40(32(2,3)4,26-14-10-8-11-15-26)27-16-12-9-13-17-27/h8-17,20,22,25,31,35-36H,18-19,21,23H2,1-7H3/t25-,31+/m0/s1. The molecule has 0 heterocycles. The Balaban J connectivity index is 2.02. The third kappa shape index (κ3) is 7.63. The van der Waals surface area contributed by atoms with Crippen molar-refractivity contribution in [3.05, 3.63) is 88.4 Å². The van der Waals surface area contributed by atoms with Gasteiger partial charge in [0.15, 0.2) is 6.79 Å². The number of aliphatic hydroxyl groups is 2. The highest BCUT2D eigenvalue weighted by molar-refractivity contribution is 9.10. The zero-order valence-electron chi connectivity index (χ0n) is 24.9. The van der Waals surface area contributed by atoms with Crippen molar-refractivity contribution in [2.45, 2.75) is 77.0 Å². The number of rotatable bonds is 13. The van der Waals surface area contributed by atoms with Gasteiger partial charge in [-0.25, -0.2) is 0 Å². The Morgan fingerprint density at radius 2 is 1.45 bits per heavy atom. The Morgan fingerprint density at radius 1 is 0.900 bits per heavy atom. The first-order valence-electron chi connectivity index (χ1n) is 13.9. The topological polar surface area (TPSA) is 68.2 Å². The molecule has 7 heteroatoms. The maximum Gasteiger partial charge on any atom is 0.261 e. The van der Waals surface area contributed by atoms with Crippen molar-refractivity contribution in [1.29, 1.82) is 0 Å². The van der Waals surface area contributed by atoms with Gasteiger partial charge in [-0.2, -0.15) is 0 Å². The molecule has 0 aliphatic heterocycles. The molecule has 3 aromatic carbocycles. The van der Waals surface area contributed by atoms with Crippen LogP contribution in [0.15, 0.2) is 77.3 Å². The molecule has 0 radical (unpaired) electrons. The first kappa shape index (κ1) is 32.5. The highest BCUT2D eigenvalue weighted by atomic mass is 79.9. The van der Waals surface area contributed by atoms with E-state index in [1.807, 2.05) is 31.2 Å². The number of aliphatic hydroxyl groups excluding tert-OH is 1. The molecule has 0 fully saturated rings. The minimum Gasteiger partial charge on any atom is -0.467 e. The van der Waals surface area contributed by atoms with E-state index in [4.69, 9.17) is 13.9 Å². The average Bonchev–Trinajstić information content (AvgIpc) is 2.90.